The molecule has 0 aliphatic carbocycles. The van der Waals surface area contributed by atoms with Crippen LogP contribution in [0.3, 0.4) is 0 Å². The molecule has 24 heavy (non-hydrogen) atoms. The Bertz CT molecular complexity index is 715. The zero-order valence-corrected chi connectivity index (χ0v) is 15.0. The van der Waals surface area contributed by atoms with E-state index in [4.69, 9.17) is 4.99 Å². The van der Waals surface area contributed by atoms with E-state index in [0.717, 1.165) is 44.1 Å². The van der Waals surface area contributed by atoms with Crippen LogP contribution < -0.4 is 5.32 Å². The maximum absolute atomic E-state index is 4.87. The highest BCUT2D eigenvalue weighted by molar-refractivity contribution is 5.82. The molecule has 0 radical (unpaired) electrons. The molecule has 1 N–H and O–H groups in total. The molecule has 0 amide bonds. The Labute approximate surface area is 145 Å². The van der Waals surface area contributed by atoms with Crippen molar-refractivity contribution >= 4 is 16.9 Å². The number of rotatable bonds is 4. The Morgan fingerprint density at radius 1 is 1.29 bits per heavy atom. The molecule has 2 heterocycles. The van der Waals surface area contributed by atoms with Crippen molar-refractivity contribution in [1.82, 2.24) is 15.2 Å². The summed E-state index contributed by atoms with van der Waals surface area (Å²) in [7, 11) is 0. The second-order valence-electron chi connectivity index (χ2n) is 7.31. The molecule has 1 aliphatic rings. The number of nitrogens with one attached hydrogen (secondary N) is 1. The molecular weight excluding hydrogens is 296 g/mol. The summed E-state index contributed by atoms with van der Waals surface area (Å²) in [4.78, 5) is 11.8. The first-order chi connectivity index (χ1) is 11.6. The minimum absolute atomic E-state index is 0.385. The molecule has 1 saturated heterocycles. The van der Waals surface area contributed by atoms with Gasteiger partial charge in [-0.25, -0.2) is 0 Å². The lowest BCUT2D eigenvalue weighted by Crippen LogP contribution is -2.40. The molecule has 0 atom stereocenters. The standard InChI is InChI=1S/C20H28N4/c1-4-21-19(24-14-11-20(2,3)15-24)23-13-10-17-8-5-7-16-9-6-12-22-18(16)17/h5-9,12H,4,10-11,13-15H2,1-3H3,(H,21,23). The van der Waals surface area contributed by atoms with Gasteiger partial charge in [-0.15, -0.1) is 0 Å². The highest BCUT2D eigenvalue weighted by Crippen LogP contribution is 2.28. The van der Waals surface area contributed by atoms with E-state index in [0.29, 0.717) is 5.41 Å². The molecular formula is C20H28N4. The van der Waals surface area contributed by atoms with Crippen LogP contribution in [0.15, 0.2) is 41.5 Å². The van der Waals surface area contributed by atoms with E-state index in [1.54, 1.807) is 0 Å². The number of nitrogens with zero attached hydrogens (tertiary/aromatic N) is 3. The van der Waals surface area contributed by atoms with Gasteiger partial charge in [0.1, 0.15) is 0 Å². The number of guanidine groups is 1. The van der Waals surface area contributed by atoms with Gasteiger partial charge in [0.2, 0.25) is 0 Å². The summed E-state index contributed by atoms with van der Waals surface area (Å²) in [5.74, 6) is 1.05. The van der Waals surface area contributed by atoms with Crippen molar-refractivity contribution in [1.29, 1.82) is 0 Å². The van der Waals surface area contributed by atoms with E-state index < -0.39 is 0 Å². The third-order valence-electron chi connectivity index (χ3n) is 4.67. The summed E-state index contributed by atoms with van der Waals surface area (Å²) < 4.78 is 0. The first-order valence-corrected chi connectivity index (χ1v) is 8.95. The number of pyridine rings is 1. The number of hydrogen-bond donors (Lipinski definition) is 1. The molecule has 0 saturated carbocycles. The fourth-order valence-corrected chi connectivity index (χ4v) is 3.37. The zero-order valence-electron chi connectivity index (χ0n) is 15.0. The van der Waals surface area contributed by atoms with Gasteiger partial charge in [-0.2, -0.15) is 0 Å². The van der Waals surface area contributed by atoms with Crippen LogP contribution in [0, 0.1) is 5.41 Å². The van der Waals surface area contributed by atoms with Crippen molar-refractivity contribution in [3.63, 3.8) is 0 Å². The van der Waals surface area contributed by atoms with Gasteiger partial charge in [0, 0.05) is 37.8 Å². The predicted octanol–water partition coefficient (Wildman–Crippen LogP) is 3.47. The summed E-state index contributed by atoms with van der Waals surface area (Å²) in [5.41, 5.74) is 2.76. The van der Waals surface area contributed by atoms with E-state index in [9.17, 15) is 0 Å². The average molecular weight is 324 g/mol. The fraction of sp³-hybridized carbons (Fsp3) is 0.500. The Kier molecular flexibility index (Phi) is 5.03. The van der Waals surface area contributed by atoms with Gasteiger partial charge in [-0.3, -0.25) is 9.98 Å². The highest BCUT2D eigenvalue weighted by atomic mass is 15.3. The summed E-state index contributed by atoms with van der Waals surface area (Å²) in [6.07, 6.45) is 4.01. The first-order valence-electron chi connectivity index (χ1n) is 8.95. The topological polar surface area (TPSA) is 40.5 Å². The quantitative estimate of drug-likeness (QED) is 0.691. The van der Waals surface area contributed by atoms with E-state index in [1.165, 1.54) is 17.4 Å². The number of para-hydroxylation sites is 1. The fourth-order valence-electron chi connectivity index (χ4n) is 3.37. The third-order valence-corrected chi connectivity index (χ3v) is 4.67. The summed E-state index contributed by atoms with van der Waals surface area (Å²) in [6, 6.07) is 10.5. The van der Waals surface area contributed by atoms with E-state index in [-0.39, 0.29) is 0 Å². The number of aliphatic imine (C=N–C) groups is 1. The maximum Gasteiger partial charge on any atom is 0.193 e. The van der Waals surface area contributed by atoms with Crippen LogP contribution in [0.25, 0.3) is 10.9 Å². The number of fused-ring (bicyclic) bond motifs is 1. The molecule has 3 rings (SSSR count). The lowest BCUT2D eigenvalue weighted by Gasteiger charge is -2.23. The lowest BCUT2D eigenvalue weighted by molar-refractivity contribution is 0.370. The molecule has 4 nitrogen and oxygen atoms in total. The van der Waals surface area contributed by atoms with Gasteiger partial charge >= 0.3 is 0 Å². The van der Waals surface area contributed by atoms with Gasteiger partial charge in [-0.05, 0) is 36.8 Å². The molecule has 1 aliphatic heterocycles. The normalized spacial score (nSPS) is 17.5. The maximum atomic E-state index is 4.87. The predicted molar refractivity (Wildman–Crippen MR) is 101 cm³/mol. The van der Waals surface area contributed by atoms with E-state index in [2.05, 4.69) is 60.2 Å². The number of likely N-dealkylation sites (tertiary alicyclic amines) is 1. The Hall–Kier alpha value is -2.10. The lowest BCUT2D eigenvalue weighted by atomic mass is 9.93. The summed E-state index contributed by atoms with van der Waals surface area (Å²) >= 11 is 0. The molecule has 4 heteroatoms. The molecule has 2 aromatic rings. The van der Waals surface area contributed by atoms with Crippen molar-refractivity contribution in [3.05, 3.63) is 42.1 Å². The molecule has 1 aromatic heterocycles. The molecule has 0 bridgehead atoms. The first kappa shape index (κ1) is 16.7. The Balaban J connectivity index is 1.70. The van der Waals surface area contributed by atoms with Crippen molar-refractivity contribution < 1.29 is 0 Å². The molecule has 0 spiro atoms. The van der Waals surface area contributed by atoms with Gasteiger partial charge in [0.15, 0.2) is 5.96 Å². The SMILES string of the molecule is CCNC(=NCCc1cccc2cccnc12)N1CCC(C)(C)C1. The van der Waals surface area contributed by atoms with Gasteiger partial charge in [-0.1, -0.05) is 38.1 Å². The highest BCUT2D eigenvalue weighted by Gasteiger charge is 2.30. The monoisotopic (exact) mass is 324 g/mol. The number of hydrogen-bond acceptors (Lipinski definition) is 2. The van der Waals surface area contributed by atoms with Crippen LogP contribution >= 0.6 is 0 Å². The van der Waals surface area contributed by atoms with Crippen molar-refractivity contribution in [2.75, 3.05) is 26.2 Å². The smallest absolute Gasteiger partial charge is 0.193 e. The second kappa shape index (κ2) is 7.20. The van der Waals surface area contributed by atoms with Gasteiger partial charge < -0.3 is 10.2 Å². The molecule has 128 valence electrons. The second-order valence-corrected chi connectivity index (χ2v) is 7.31. The van der Waals surface area contributed by atoms with Crippen LogP contribution in [-0.2, 0) is 6.42 Å². The minimum Gasteiger partial charge on any atom is -0.357 e. The van der Waals surface area contributed by atoms with Crippen molar-refractivity contribution in [2.45, 2.75) is 33.6 Å². The third kappa shape index (κ3) is 3.86. The average Bonchev–Trinajstić information content (AvgIpc) is 2.94. The van der Waals surface area contributed by atoms with Crippen LogP contribution in [0.4, 0.5) is 0 Å². The summed E-state index contributed by atoms with van der Waals surface area (Å²) in [6.45, 7) is 10.7. The van der Waals surface area contributed by atoms with Gasteiger partial charge in [0.25, 0.3) is 0 Å². The Morgan fingerprint density at radius 3 is 2.88 bits per heavy atom. The molecule has 0 unspecified atom stereocenters. The van der Waals surface area contributed by atoms with E-state index >= 15 is 0 Å². The van der Waals surface area contributed by atoms with Crippen LogP contribution in [0.2, 0.25) is 0 Å². The van der Waals surface area contributed by atoms with Crippen LogP contribution in [-0.4, -0.2) is 42.0 Å². The van der Waals surface area contributed by atoms with Crippen LogP contribution in [0.5, 0.6) is 0 Å². The number of aromatic nitrogens is 1. The summed E-state index contributed by atoms with van der Waals surface area (Å²) in [5, 5.41) is 4.65. The largest absolute Gasteiger partial charge is 0.357 e. The van der Waals surface area contributed by atoms with Crippen LogP contribution in [0.1, 0.15) is 32.8 Å². The van der Waals surface area contributed by atoms with Gasteiger partial charge in [0.05, 0.1) is 5.52 Å². The minimum atomic E-state index is 0.385. The van der Waals surface area contributed by atoms with E-state index in [1.807, 2.05) is 12.3 Å². The zero-order chi connectivity index (χ0) is 17.0. The molecule has 1 aromatic carbocycles. The number of benzene rings is 1. The molecule has 1 fully saturated rings. The van der Waals surface area contributed by atoms with Crippen molar-refractivity contribution in [3.8, 4) is 0 Å². The van der Waals surface area contributed by atoms with Crippen molar-refractivity contribution in [2.24, 2.45) is 10.4 Å². The Morgan fingerprint density at radius 2 is 2.12 bits per heavy atom.